The third kappa shape index (κ3) is 4.88. The molecule has 0 saturated carbocycles. The summed E-state index contributed by atoms with van der Waals surface area (Å²) in [5.41, 5.74) is 6.18. The largest absolute Gasteiger partial charge is 0.309 e. The Labute approximate surface area is 291 Å². The number of nitriles is 3. The van der Waals surface area contributed by atoms with Crippen molar-refractivity contribution in [3.63, 3.8) is 0 Å². The smallest absolute Gasteiger partial charge is 0.180 e. The minimum atomic E-state index is -2.93. The van der Waals surface area contributed by atoms with E-state index in [1.54, 1.807) is 0 Å². The lowest BCUT2D eigenvalue weighted by Crippen LogP contribution is -2.75. The lowest BCUT2D eigenvalue weighted by Gasteiger charge is -2.35. The fraction of sp³-hybridized carbons (Fsp3) is 0. The average molecular weight is 653 g/mol. The third-order valence-corrected chi connectivity index (χ3v) is 14.4. The first-order valence-corrected chi connectivity index (χ1v) is 18.4. The molecule has 0 aliphatic rings. The molecule has 0 saturated heterocycles. The van der Waals surface area contributed by atoms with Crippen molar-refractivity contribution in [1.82, 2.24) is 4.57 Å². The van der Waals surface area contributed by atoms with E-state index in [-0.39, 0.29) is 0 Å². The van der Waals surface area contributed by atoms with Crippen LogP contribution in [0.1, 0.15) is 16.7 Å². The number of hydrogen-bond donors (Lipinski definition) is 0. The number of rotatable bonds is 6. The van der Waals surface area contributed by atoms with Gasteiger partial charge in [0.15, 0.2) is 8.07 Å². The Kier molecular flexibility index (Phi) is 7.63. The minimum Gasteiger partial charge on any atom is -0.309 e. The predicted octanol–water partition coefficient (Wildman–Crippen LogP) is 7.44. The Morgan fingerprint density at radius 1 is 0.420 bits per heavy atom. The molecule has 0 bridgehead atoms. The molecule has 0 aliphatic carbocycles. The fourth-order valence-electron chi connectivity index (χ4n) is 7.47. The van der Waals surface area contributed by atoms with E-state index in [1.807, 2.05) is 66.7 Å². The van der Waals surface area contributed by atoms with Crippen molar-refractivity contribution in [3.8, 4) is 35.0 Å². The van der Waals surface area contributed by atoms with Crippen LogP contribution in [-0.2, 0) is 0 Å². The van der Waals surface area contributed by atoms with Crippen molar-refractivity contribution in [2.24, 2.45) is 0 Å². The molecule has 0 N–H and O–H groups in total. The van der Waals surface area contributed by atoms with E-state index >= 15 is 0 Å². The highest BCUT2D eigenvalue weighted by molar-refractivity contribution is 7.20. The van der Waals surface area contributed by atoms with Gasteiger partial charge in [-0.2, -0.15) is 15.8 Å². The molecule has 232 valence electrons. The van der Waals surface area contributed by atoms with E-state index in [9.17, 15) is 15.8 Å². The zero-order valence-electron chi connectivity index (χ0n) is 27.0. The number of hydrogen-bond acceptors (Lipinski definition) is 3. The summed E-state index contributed by atoms with van der Waals surface area (Å²) in [4.78, 5) is 0. The van der Waals surface area contributed by atoms with Crippen LogP contribution in [0.4, 0.5) is 0 Å². The molecule has 1 aromatic heterocycles. The summed E-state index contributed by atoms with van der Waals surface area (Å²) in [6, 6.07) is 64.8. The van der Waals surface area contributed by atoms with Gasteiger partial charge in [0, 0.05) is 16.5 Å². The maximum atomic E-state index is 10.9. The number of aromatic nitrogens is 1. The van der Waals surface area contributed by atoms with Gasteiger partial charge in [-0.25, -0.2) is 0 Å². The summed E-state index contributed by atoms with van der Waals surface area (Å²) >= 11 is 0. The predicted molar refractivity (Wildman–Crippen MR) is 204 cm³/mol. The van der Waals surface area contributed by atoms with Crippen molar-refractivity contribution in [3.05, 3.63) is 187 Å². The number of nitrogens with zero attached hydrogens (tertiary/aromatic N) is 4. The quantitative estimate of drug-likeness (QED) is 0.138. The summed E-state index contributed by atoms with van der Waals surface area (Å²) in [7, 11) is -2.93. The molecule has 5 heteroatoms. The van der Waals surface area contributed by atoms with Crippen molar-refractivity contribution in [2.45, 2.75) is 0 Å². The van der Waals surface area contributed by atoms with Crippen LogP contribution < -0.4 is 20.7 Å². The minimum absolute atomic E-state index is 0.515. The molecular weight excluding hydrogens is 625 g/mol. The number of fused-ring (bicyclic) bond motifs is 3. The van der Waals surface area contributed by atoms with Gasteiger partial charge in [-0.05, 0) is 80.4 Å². The van der Waals surface area contributed by atoms with Crippen molar-refractivity contribution in [1.29, 1.82) is 15.8 Å². The van der Waals surface area contributed by atoms with Crippen LogP contribution in [0.15, 0.2) is 170 Å². The van der Waals surface area contributed by atoms with Gasteiger partial charge >= 0.3 is 0 Å². The Morgan fingerprint density at radius 2 is 1.00 bits per heavy atom. The van der Waals surface area contributed by atoms with Gasteiger partial charge in [0.25, 0.3) is 0 Å². The second-order valence-corrected chi connectivity index (χ2v) is 16.1. The van der Waals surface area contributed by atoms with Gasteiger partial charge in [-0.3, -0.25) is 0 Å². The summed E-state index contributed by atoms with van der Waals surface area (Å²) in [5.74, 6) is 0. The van der Waals surface area contributed by atoms with E-state index in [2.05, 4.69) is 126 Å². The first-order valence-electron chi connectivity index (χ1n) is 16.4. The lowest BCUT2D eigenvalue weighted by molar-refractivity contribution is 1.18. The molecule has 0 spiro atoms. The standard InChI is InChI=1S/C45H28N4Si/c46-29-32-20-22-44-42(26-32)41-18-10-11-19-43(41)49(44)37-25-33(30-47)24-35(28-37)34-21-23-45(36(27-34)31-48)50(38-12-4-1-5-13-38,39-14-6-2-7-15-39)40-16-8-3-9-17-40/h1-28H. The van der Waals surface area contributed by atoms with E-state index in [0.29, 0.717) is 16.7 Å². The van der Waals surface area contributed by atoms with Crippen LogP contribution in [0.5, 0.6) is 0 Å². The van der Waals surface area contributed by atoms with Crippen molar-refractivity contribution < 1.29 is 0 Å². The molecule has 50 heavy (non-hydrogen) atoms. The summed E-state index contributed by atoms with van der Waals surface area (Å²) in [6.07, 6.45) is 0. The maximum Gasteiger partial charge on any atom is 0.180 e. The molecule has 0 unspecified atom stereocenters. The van der Waals surface area contributed by atoms with E-state index in [0.717, 1.165) is 43.8 Å². The van der Waals surface area contributed by atoms with Crippen LogP contribution in [0.25, 0.3) is 38.6 Å². The van der Waals surface area contributed by atoms with Gasteiger partial charge in [0.2, 0.25) is 0 Å². The Hall–Kier alpha value is -6.97. The van der Waals surface area contributed by atoms with Crippen LogP contribution in [0.3, 0.4) is 0 Å². The van der Waals surface area contributed by atoms with Gasteiger partial charge in [0.05, 0.1) is 45.9 Å². The highest BCUT2D eigenvalue weighted by Gasteiger charge is 2.43. The molecule has 0 atom stereocenters. The Bertz CT molecular complexity index is 2580. The van der Waals surface area contributed by atoms with E-state index < -0.39 is 8.07 Å². The zero-order valence-corrected chi connectivity index (χ0v) is 28.0. The molecule has 0 radical (unpaired) electrons. The second-order valence-electron chi connectivity index (χ2n) is 12.3. The zero-order chi connectivity index (χ0) is 34.1. The van der Waals surface area contributed by atoms with Gasteiger partial charge in [0.1, 0.15) is 0 Å². The van der Waals surface area contributed by atoms with Gasteiger partial charge < -0.3 is 4.57 Å². The third-order valence-electron chi connectivity index (χ3n) is 9.60. The highest BCUT2D eigenvalue weighted by atomic mass is 28.3. The topological polar surface area (TPSA) is 76.3 Å². The molecule has 8 rings (SSSR count). The van der Waals surface area contributed by atoms with Crippen molar-refractivity contribution >= 4 is 50.6 Å². The molecule has 0 aliphatic heterocycles. The normalized spacial score (nSPS) is 11.1. The molecule has 1 heterocycles. The monoisotopic (exact) mass is 652 g/mol. The summed E-state index contributed by atoms with van der Waals surface area (Å²) in [6.45, 7) is 0. The highest BCUT2D eigenvalue weighted by Crippen LogP contribution is 2.34. The molecule has 0 amide bonds. The first-order chi connectivity index (χ1) is 24.6. The Morgan fingerprint density at radius 3 is 1.60 bits per heavy atom. The fourth-order valence-corrected chi connectivity index (χ4v) is 12.3. The number of para-hydroxylation sites is 1. The van der Waals surface area contributed by atoms with E-state index in [1.165, 1.54) is 15.6 Å². The van der Waals surface area contributed by atoms with Crippen LogP contribution in [0, 0.1) is 34.0 Å². The average Bonchev–Trinajstić information content (AvgIpc) is 3.53. The molecule has 0 fully saturated rings. The van der Waals surface area contributed by atoms with Gasteiger partial charge in [-0.15, -0.1) is 0 Å². The van der Waals surface area contributed by atoms with E-state index in [4.69, 9.17) is 0 Å². The molecule has 4 nitrogen and oxygen atoms in total. The first kappa shape index (κ1) is 30.4. The second kappa shape index (κ2) is 12.6. The van der Waals surface area contributed by atoms with Crippen LogP contribution >= 0.6 is 0 Å². The summed E-state index contributed by atoms with van der Waals surface area (Å²) < 4.78 is 2.15. The molecule has 7 aromatic carbocycles. The Balaban J connectivity index is 1.36. The molecular formula is C45H28N4Si. The SMILES string of the molecule is N#Cc1cc(-c2ccc([Si](c3ccccc3)(c3ccccc3)c3ccccc3)c(C#N)c2)cc(-n2c3ccccc3c3cc(C#N)ccc32)c1. The van der Waals surface area contributed by atoms with Crippen LogP contribution in [0.2, 0.25) is 0 Å². The van der Waals surface area contributed by atoms with Gasteiger partial charge in [-0.1, -0.05) is 121 Å². The molecule has 8 aromatic rings. The summed E-state index contributed by atoms with van der Waals surface area (Å²) in [5, 5.41) is 37.3. The maximum absolute atomic E-state index is 10.9. The van der Waals surface area contributed by atoms with Crippen molar-refractivity contribution in [2.75, 3.05) is 0 Å². The number of benzene rings is 7. The van der Waals surface area contributed by atoms with Crippen LogP contribution in [-0.4, -0.2) is 12.6 Å². The lowest BCUT2D eigenvalue weighted by atomic mass is 10.0.